The topological polar surface area (TPSA) is 46.6 Å². The number of carbonyl (C=O) groups excluding carboxylic acids is 2. The molecule has 0 spiro atoms. The number of para-hydroxylation sites is 1. The van der Waals surface area contributed by atoms with Gasteiger partial charge < -0.3 is 9.64 Å². The SMILES string of the molecule is CN1/C(=C/C(=O)COC(=O)c2ccccc2Br)C(C)(C)c2ccccc21. The van der Waals surface area contributed by atoms with Crippen molar-refractivity contribution >= 4 is 33.4 Å². The normalized spacial score (nSPS) is 16.5. The Labute approximate surface area is 161 Å². The highest BCUT2D eigenvalue weighted by Gasteiger charge is 2.38. The van der Waals surface area contributed by atoms with Crippen LogP contribution in [0.1, 0.15) is 29.8 Å². The standard InChI is InChI=1S/C21H20BrNO3/c1-21(2)16-9-5-7-11-18(16)23(3)19(21)12-14(24)13-26-20(25)15-8-4-6-10-17(15)22/h4-12H,13H2,1-3H3/b19-12+. The molecule has 0 radical (unpaired) electrons. The summed E-state index contributed by atoms with van der Waals surface area (Å²) in [6.07, 6.45) is 1.58. The van der Waals surface area contributed by atoms with Crippen LogP contribution in [0.2, 0.25) is 0 Å². The van der Waals surface area contributed by atoms with Crippen LogP contribution in [-0.2, 0) is 14.9 Å². The minimum Gasteiger partial charge on any atom is -0.454 e. The molecule has 134 valence electrons. The van der Waals surface area contributed by atoms with E-state index in [1.165, 1.54) is 5.56 Å². The number of ketones is 1. The summed E-state index contributed by atoms with van der Waals surface area (Å²) >= 11 is 3.31. The Bertz CT molecular complexity index is 902. The van der Waals surface area contributed by atoms with Crippen LogP contribution in [0.5, 0.6) is 0 Å². The van der Waals surface area contributed by atoms with Gasteiger partial charge in [0.2, 0.25) is 0 Å². The zero-order valence-electron chi connectivity index (χ0n) is 15.0. The summed E-state index contributed by atoms with van der Waals surface area (Å²) < 4.78 is 5.82. The number of hydrogen-bond donors (Lipinski definition) is 0. The molecule has 0 aliphatic carbocycles. The van der Waals surface area contributed by atoms with Crippen molar-refractivity contribution in [2.24, 2.45) is 0 Å². The van der Waals surface area contributed by atoms with E-state index in [1.54, 1.807) is 24.3 Å². The van der Waals surface area contributed by atoms with E-state index in [-0.39, 0.29) is 17.8 Å². The Morgan fingerprint density at radius 1 is 1.12 bits per heavy atom. The minimum atomic E-state index is -0.522. The zero-order chi connectivity index (χ0) is 18.9. The molecular formula is C21H20BrNO3. The lowest BCUT2D eigenvalue weighted by Gasteiger charge is -2.23. The van der Waals surface area contributed by atoms with Gasteiger partial charge in [-0.05, 0) is 39.7 Å². The molecule has 4 nitrogen and oxygen atoms in total. The van der Waals surface area contributed by atoms with E-state index in [9.17, 15) is 9.59 Å². The van der Waals surface area contributed by atoms with Crippen LogP contribution in [0.25, 0.3) is 0 Å². The molecule has 0 atom stereocenters. The maximum Gasteiger partial charge on any atom is 0.339 e. The monoisotopic (exact) mass is 413 g/mol. The Kier molecular flexibility index (Phi) is 5.01. The van der Waals surface area contributed by atoms with Crippen molar-refractivity contribution in [3.8, 4) is 0 Å². The number of esters is 1. The first kappa shape index (κ1) is 18.4. The highest BCUT2D eigenvalue weighted by Crippen LogP contribution is 2.46. The Morgan fingerprint density at radius 2 is 1.77 bits per heavy atom. The second kappa shape index (κ2) is 7.08. The van der Waals surface area contributed by atoms with Gasteiger partial charge in [-0.2, -0.15) is 0 Å². The van der Waals surface area contributed by atoms with Crippen molar-refractivity contribution < 1.29 is 14.3 Å². The van der Waals surface area contributed by atoms with Crippen molar-refractivity contribution in [2.75, 3.05) is 18.6 Å². The molecule has 2 aromatic carbocycles. The predicted molar refractivity (Wildman–Crippen MR) is 105 cm³/mol. The first-order chi connectivity index (χ1) is 12.3. The van der Waals surface area contributed by atoms with Crippen molar-refractivity contribution in [2.45, 2.75) is 19.3 Å². The van der Waals surface area contributed by atoms with Crippen LogP contribution in [-0.4, -0.2) is 25.4 Å². The lowest BCUT2D eigenvalue weighted by Crippen LogP contribution is -2.25. The molecular weight excluding hydrogens is 394 g/mol. The van der Waals surface area contributed by atoms with E-state index in [2.05, 4.69) is 35.8 Å². The molecule has 0 N–H and O–H groups in total. The molecule has 0 bridgehead atoms. The number of likely N-dealkylation sites (N-methyl/N-ethyl adjacent to an activating group) is 1. The molecule has 0 saturated carbocycles. The lowest BCUT2D eigenvalue weighted by molar-refractivity contribution is -0.117. The number of rotatable bonds is 4. The third-order valence-electron chi connectivity index (χ3n) is 4.68. The van der Waals surface area contributed by atoms with Gasteiger partial charge in [-0.25, -0.2) is 4.79 Å². The molecule has 0 fully saturated rings. The predicted octanol–water partition coefficient (Wildman–Crippen LogP) is 4.49. The summed E-state index contributed by atoms with van der Waals surface area (Å²) in [5, 5.41) is 0. The number of nitrogens with zero attached hydrogens (tertiary/aromatic N) is 1. The van der Waals surface area contributed by atoms with Gasteiger partial charge in [0.05, 0.1) is 5.56 Å². The number of allylic oxidation sites excluding steroid dienone is 1. The molecule has 1 aliphatic rings. The maximum atomic E-state index is 12.4. The highest BCUT2D eigenvalue weighted by atomic mass is 79.9. The van der Waals surface area contributed by atoms with Crippen molar-refractivity contribution in [1.82, 2.24) is 0 Å². The summed E-state index contributed by atoms with van der Waals surface area (Å²) in [5.74, 6) is -0.764. The first-order valence-electron chi connectivity index (χ1n) is 8.32. The van der Waals surface area contributed by atoms with Gasteiger partial charge in [0.15, 0.2) is 12.4 Å². The molecule has 0 unspecified atom stereocenters. The van der Waals surface area contributed by atoms with Crippen LogP contribution in [0.3, 0.4) is 0 Å². The van der Waals surface area contributed by atoms with Crippen LogP contribution >= 0.6 is 15.9 Å². The van der Waals surface area contributed by atoms with E-state index in [0.717, 1.165) is 11.4 Å². The average Bonchev–Trinajstić information content (AvgIpc) is 2.81. The van der Waals surface area contributed by atoms with Crippen LogP contribution in [0.15, 0.2) is 64.8 Å². The number of carbonyl (C=O) groups is 2. The zero-order valence-corrected chi connectivity index (χ0v) is 16.5. The van der Waals surface area contributed by atoms with Crippen LogP contribution in [0.4, 0.5) is 5.69 Å². The summed E-state index contributed by atoms with van der Waals surface area (Å²) in [6.45, 7) is 3.88. The fourth-order valence-electron chi connectivity index (χ4n) is 3.29. The second-order valence-corrected chi connectivity index (χ2v) is 7.61. The summed E-state index contributed by atoms with van der Waals surface area (Å²) in [5.41, 5.74) is 3.26. The second-order valence-electron chi connectivity index (χ2n) is 6.75. The minimum absolute atomic E-state index is 0.242. The molecule has 1 heterocycles. The van der Waals surface area contributed by atoms with Gasteiger partial charge in [0.25, 0.3) is 0 Å². The van der Waals surface area contributed by atoms with Gasteiger partial charge in [-0.3, -0.25) is 4.79 Å². The van der Waals surface area contributed by atoms with E-state index < -0.39 is 5.97 Å². The smallest absolute Gasteiger partial charge is 0.339 e. The number of hydrogen-bond acceptors (Lipinski definition) is 4. The molecule has 3 rings (SSSR count). The molecule has 0 aromatic heterocycles. The van der Waals surface area contributed by atoms with Gasteiger partial charge >= 0.3 is 5.97 Å². The highest BCUT2D eigenvalue weighted by molar-refractivity contribution is 9.10. The molecule has 0 saturated heterocycles. The summed E-state index contributed by atoms with van der Waals surface area (Å²) in [4.78, 5) is 26.6. The van der Waals surface area contributed by atoms with E-state index in [4.69, 9.17) is 4.74 Å². The summed E-state index contributed by atoms with van der Waals surface area (Å²) in [7, 11) is 1.94. The van der Waals surface area contributed by atoms with Gasteiger partial charge in [0.1, 0.15) is 0 Å². The number of fused-ring (bicyclic) bond motifs is 1. The lowest BCUT2D eigenvalue weighted by atomic mass is 9.83. The number of anilines is 1. The molecule has 0 amide bonds. The average molecular weight is 414 g/mol. The molecule has 1 aliphatic heterocycles. The van der Waals surface area contributed by atoms with Crippen molar-refractivity contribution in [1.29, 1.82) is 0 Å². The van der Waals surface area contributed by atoms with Gasteiger partial charge in [0, 0.05) is 34.4 Å². The summed E-state index contributed by atoms with van der Waals surface area (Å²) in [6, 6.07) is 15.1. The van der Waals surface area contributed by atoms with Crippen LogP contribution < -0.4 is 4.90 Å². The van der Waals surface area contributed by atoms with Crippen molar-refractivity contribution in [3.05, 3.63) is 75.9 Å². The fourth-order valence-corrected chi connectivity index (χ4v) is 3.74. The maximum absolute atomic E-state index is 12.4. The number of benzene rings is 2. The Morgan fingerprint density at radius 3 is 2.46 bits per heavy atom. The van der Waals surface area contributed by atoms with Gasteiger partial charge in [-0.15, -0.1) is 0 Å². The first-order valence-corrected chi connectivity index (χ1v) is 9.11. The largest absolute Gasteiger partial charge is 0.454 e. The quantitative estimate of drug-likeness (QED) is 0.547. The Balaban J connectivity index is 1.74. The molecule has 26 heavy (non-hydrogen) atoms. The van der Waals surface area contributed by atoms with E-state index >= 15 is 0 Å². The van der Waals surface area contributed by atoms with Crippen molar-refractivity contribution in [3.63, 3.8) is 0 Å². The fraction of sp³-hybridized carbons (Fsp3) is 0.238. The molecule has 5 heteroatoms. The Hall–Kier alpha value is -2.40. The third-order valence-corrected chi connectivity index (χ3v) is 5.37. The third kappa shape index (κ3) is 3.31. The van der Waals surface area contributed by atoms with Gasteiger partial charge in [-0.1, -0.05) is 44.2 Å². The van der Waals surface area contributed by atoms with E-state index in [0.29, 0.717) is 10.0 Å². The van der Waals surface area contributed by atoms with Crippen LogP contribution in [0, 0.1) is 0 Å². The van der Waals surface area contributed by atoms with E-state index in [1.807, 2.05) is 36.2 Å². The molecule has 2 aromatic rings. The number of ether oxygens (including phenoxy) is 1. The number of halogens is 1.